The van der Waals surface area contributed by atoms with Crippen LogP contribution in [0.25, 0.3) is 0 Å². The lowest BCUT2D eigenvalue weighted by atomic mass is 10.2. The van der Waals surface area contributed by atoms with Crippen LogP contribution in [0.3, 0.4) is 0 Å². The van der Waals surface area contributed by atoms with Crippen LogP contribution in [0.15, 0.2) is 23.1 Å². The SMILES string of the molecule is CN(C)CCCNS(=O)(=O)c1ccc2c(c1)N(C)CCO2. The molecule has 0 saturated carbocycles. The molecule has 0 fully saturated rings. The van der Waals surface area contributed by atoms with Crippen molar-refractivity contribution in [3.05, 3.63) is 18.2 Å². The molecule has 0 amide bonds. The largest absolute Gasteiger partial charge is 0.490 e. The Bertz CT molecular complexity index is 587. The fraction of sp³-hybridized carbons (Fsp3) is 0.571. The molecule has 1 heterocycles. The fourth-order valence-electron chi connectivity index (χ4n) is 2.18. The van der Waals surface area contributed by atoms with Crippen molar-refractivity contribution in [1.29, 1.82) is 0 Å². The predicted molar refractivity (Wildman–Crippen MR) is 83.6 cm³/mol. The van der Waals surface area contributed by atoms with Gasteiger partial charge in [0.05, 0.1) is 17.1 Å². The summed E-state index contributed by atoms with van der Waals surface area (Å²) in [5.74, 6) is 0.732. The molecule has 118 valence electrons. The van der Waals surface area contributed by atoms with Gasteiger partial charge in [-0.3, -0.25) is 0 Å². The molecular weight excluding hydrogens is 290 g/mol. The number of fused-ring (bicyclic) bond motifs is 1. The highest BCUT2D eigenvalue weighted by molar-refractivity contribution is 7.89. The van der Waals surface area contributed by atoms with Crippen LogP contribution in [-0.2, 0) is 10.0 Å². The summed E-state index contributed by atoms with van der Waals surface area (Å²) in [6, 6.07) is 4.98. The van der Waals surface area contributed by atoms with E-state index in [1.807, 2.05) is 30.9 Å². The van der Waals surface area contributed by atoms with Crippen molar-refractivity contribution in [2.45, 2.75) is 11.3 Å². The van der Waals surface area contributed by atoms with Gasteiger partial charge < -0.3 is 14.5 Å². The van der Waals surface area contributed by atoms with Crippen LogP contribution in [0.5, 0.6) is 5.75 Å². The standard InChI is InChI=1S/C14H23N3O3S/c1-16(2)8-4-7-15-21(18,19)12-5-6-14-13(11-12)17(3)9-10-20-14/h5-6,11,15H,4,7-10H2,1-3H3. The number of likely N-dealkylation sites (N-methyl/N-ethyl adjacent to an activating group) is 1. The Hall–Kier alpha value is -1.31. The van der Waals surface area contributed by atoms with Gasteiger partial charge in [0.1, 0.15) is 12.4 Å². The second-order valence-electron chi connectivity index (χ2n) is 5.45. The molecule has 6 nitrogen and oxygen atoms in total. The first kappa shape index (κ1) is 16.1. The number of rotatable bonds is 6. The zero-order valence-corrected chi connectivity index (χ0v) is 13.6. The molecule has 21 heavy (non-hydrogen) atoms. The van der Waals surface area contributed by atoms with Gasteiger partial charge in [-0.25, -0.2) is 13.1 Å². The average molecular weight is 313 g/mol. The Morgan fingerprint density at radius 2 is 2.14 bits per heavy atom. The summed E-state index contributed by atoms with van der Waals surface area (Å²) in [5, 5.41) is 0. The highest BCUT2D eigenvalue weighted by Crippen LogP contribution is 2.32. The molecule has 0 spiro atoms. The van der Waals surface area contributed by atoms with Gasteiger partial charge in [0.15, 0.2) is 0 Å². The normalized spacial score (nSPS) is 15.0. The summed E-state index contributed by atoms with van der Waals surface area (Å²) >= 11 is 0. The first-order valence-electron chi connectivity index (χ1n) is 7.02. The molecule has 0 unspecified atom stereocenters. The molecule has 1 aromatic rings. The van der Waals surface area contributed by atoms with Gasteiger partial charge in [0, 0.05) is 13.6 Å². The van der Waals surface area contributed by atoms with Crippen molar-refractivity contribution in [1.82, 2.24) is 9.62 Å². The maximum Gasteiger partial charge on any atom is 0.240 e. The van der Waals surface area contributed by atoms with Gasteiger partial charge >= 0.3 is 0 Å². The van der Waals surface area contributed by atoms with Crippen molar-refractivity contribution < 1.29 is 13.2 Å². The second-order valence-corrected chi connectivity index (χ2v) is 7.22. The van der Waals surface area contributed by atoms with Crippen LogP contribution in [0.4, 0.5) is 5.69 Å². The Morgan fingerprint density at radius 3 is 2.86 bits per heavy atom. The van der Waals surface area contributed by atoms with Gasteiger partial charge in [0.2, 0.25) is 10.0 Å². The van der Waals surface area contributed by atoms with Gasteiger partial charge in [-0.2, -0.15) is 0 Å². The Labute approximate surface area is 126 Å². The molecule has 0 saturated heterocycles. The fourth-order valence-corrected chi connectivity index (χ4v) is 3.28. The summed E-state index contributed by atoms with van der Waals surface area (Å²) in [6.07, 6.45) is 0.778. The van der Waals surface area contributed by atoms with E-state index in [-0.39, 0.29) is 4.90 Å². The number of hydrogen-bond donors (Lipinski definition) is 1. The van der Waals surface area contributed by atoms with E-state index in [9.17, 15) is 8.42 Å². The molecule has 1 aliphatic rings. The smallest absolute Gasteiger partial charge is 0.240 e. The summed E-state index contributed by atoms with van der Waals surface area (Å²) in [7, 11) is 2.40. The van der Waals surface area contributed by atoms with E-state index in [2.05, 4.69) is 4.72 Å². The van der Waals surface area contributed by atoms with Gasteiger partial charge in [-0.1, -0.05) is 0 Å². The topological polar surface area (TPSA) is 61.9 Å². The average Bonchev–Trinajstić information content (AvgIpc) is 2.43. The highest BCUT2D eigenvalue weighted by Gasteiger charge is 2.20. The summed E-state index contributed by atoms with van der Waals surface area (Å²) in [5.41, 5.74) is 0.817. The number of sulfonamides is 1. The maximum absolute atomic E-state index is 12.3. The summed E-state index contributed by atoms with van der Waals surface area (Å²) < 4.78 is 32.7. The lowest BCUT2D eigenvalue weighted by Gasteiger charge is -2.28. The molecule has 0 radical (unpaired) electrons. The van der Waals surface area contributed by atoms with Crippen molar-refractivity contribution in [3.8, 4) is 5.75 Å². The summed E-state index contributed by atoms with van der Waals surface area (Å²) in [6.45, 7) is 2.67. The Kier molecular flexibility index (Phi) is 5.08. The molecular formula is C14H23N3O3S. The van der Waals surface area contributed by atoms with E-state index in [0.29, 0.717) is 13.2 Å². The molecule has 7 heteroatoms. The molecule has 0 atom stereocenters. The van der Waals surface area contributed by atoms with Crippen molar-refractivity contribution in [2.75, 3.05) is 52.3 Å². The zero-order valence-electron chi connectivity index (χ0n) is 12.8. The molecule has 2 rings (SSSR count). The van der Waals surface area contributed by atoms with Crippen molar-refractivity contribution >= 4 is 15.7 Å². The number of ether oxygens (including phenoxy) is 1. The quantitative estimate of drug-likeness (QED) is 0.785. The van der Waals surface area contributed by atoms with Crippen molar-refractivity contribution in [3.63, 3.8) is 0 Å². The van der Waals surface area contributed by atoms with E-state index in [1.54, 1.807) is 18.2 Å². The predicted octanol–water partition coefficient (Wildman–Crippen LogP) is 0.745. The molecule has 0 aromatic heterocycles. The third-order valence-corrected chi connectivity index (χ3v) is 4.87. The number of nitrogens with zero attached hydrogens (tertiary/aromatic N) is 2. The minimum absolute atomic E-state index is 0.281. The van der Waals surface area contributed by atoms with Gasteiger partial charge in [0.25, 0.3) is 0 Å². The van der Waals surface area contributed by atoms with Gasteiger partial charge in [-0.05, 0) is 45.3 Å². The first-order valence-corrected chi connectivity index (χ1v) is 8.51. The minimum Gasteiger partial charge on any atom is -0.490 e. The van der Waals surface area contributed by atoms with Crippen LogP contribution in [0, 0.1) is 0 Å². The van der Waals surface area contributed by atoms with E-state index in [1.165, 1.54) is 0 Å². The van der Waals surface area contributed by atoms with Crippen LogP contribution in [0.1, 0.15) is 6.42 Å². The Balaban J connectivity index is 2.08. The molecule has 0 aliphatic carbocycles. The lowest BCUT2D eigenvalue weighted by Crippen LogP contribution is -2.30. The zero-order chi connectivity index (χ0) is 15.5. The molecule has 0 bridgehead atoms. The number of hydrogen-bond acceptors (Lipinski definition) is 5. The first-order chi connectivity index (χ1) is 9.90. The summed E-state index contributed by atoms with van der Waals surface area (Å²) in [4.78, 5) is 4.31. The van der Waals surface area contributed by atoms with Gasteiger partial charge in [-0.15, -0.1) is 0 Å². The maximum atomic E-state index is 12.3. The number of benzene rings is 1. The van der Waals surface area contributed by atoms with E-state index >= 15 is 0 Å². The van der Waals surface area contributed by atoms with Crippen LogP contribution >= 0.6 is 0 Å². The third kappa shape index (κ3) is 4.09. The molecule has 1 N–H and O–H groups in total. The second kappa shape index (κ2) is 6.64. The van der Waals surface area contributed by atoms with Crippen LogP contribution in [-0.4, -0.2) is 60.7 Å². The Morgan fingerprint density at radius 1 is 1.38 bits per heavy atom. The number of anilines is 1. The lowest BCUT2D eigenvalue weighted by molar-refractivity contribution is 0.311. The minimum atomic E-state index is -3.47. The van der Waals surface area contributed by atoms with Crippen LogP contribution < -0.4 is 14.4 Å². The molecule has 1 aliphatic heterocycles. The monoisotopic (exact) mass is 313 g/mol. The van der Waals surface area contributed by atoms with E-state index in [4.69, 9.17) is 4.74 Å². The van der Waals surface area contributed by atoms with E-state index in [0.717, 1.165) is 30.9 Å². The molecule has 1 aromatic carbocycles. The van der Waals surface area contributed by atoms with E-state index < -0.39 is 10.0 Å². The third-order valence-electron chi connectivity index (χ3n) is 3.41. The highest BCUT2D eigenvalue weighted by atomic mass is 32.2. The van der Waals surface area contributed by atoms with Crippen LogP contribution in [0.2, 0.25) is 0 Å². The van der Waals surface area contributed by atoms with Crippen molar-refractivity contribution in [2.24, 2.45) is 0 Å². The number of nitrogens with one attached hydrogen (secondary N) is 1.